The molecule has 2 aliphatic rings. The van der Waals surface area contributed by atoms with Crippen molar-refractivity contribution in [3.63, 3.8) is 0 Å². The highest BCUT2D eigenvalue weighted by atomic mass is 16.5. The van der Waals surface area contributed by atoms with E-state index in [9.17, 15) is 0 Å². The second kappa shape index (κ2) is 7.99. The van der Waals surface area contributed by atoms with Crippen molar-refractivity contribution in [2.75, 3.05) is 47.4 Å². The summed E-state index contributed by atoms with van der Waals surface area (Å²) in [6.45, 7) is 3.71. The van der Waals surface area contributed by atoms with E-state index in [0.29, 0.717) is 5.92 Å². The van der Waals surface area contributed by atoms with Gasteiger partial charge in [-0.2, -0.15) is 0 Å². The van der Waals surface area contributed by atoms with Gasteiger partial charge in [0.15, 0.2) is 5.96 Å². The van der Waals surface area contributed by atoms with Crippen LogP contribution in [0.3, 0.4) is 0 Å². The summed E-state index contributed by atoms with van der Waals surface area (Å²) in [5.41, 5.74) is 0.284. The number of hydrogen-bond acceptors (Lipinski definition) is 3. The van der Waals surface area contributed by atoms with Gasteiger partial charge in [-0.25, -0.2) is 0 Å². The van der Waals surface area contributed by atoms with Crippen LogP contribution in [0.2, 0.25) is 0 Å². The molecule has 0 amide bonds. The zero-order valence-electron chi connectivity index (χ0n) is 14.0. The second-order valence-corrected chi connectivity index (χ2v) is 6.72. The monoisotopic (exact) mass is 296 g/mol. The van der Waals surface area contributed by atoms with Crippen molar-refractivity contribution >= 4 is 5.96 Å². The molecule has 0 aromatic heterocycles. The van der Waals surface area contributed by atoms with Crippen molar-refractivity contribution in [1.82, 2.24) is 15.5 Å². The molecule has 5 nitrogen and oxygen atoms in total. The Labute approximate surface area is 129 Å². The fourth-order valence-electron chi connectivity index (χ4n) is 3.45. The van der Waals surface area contributed by atoms with Gasteiger partial charge in [0.2, 0.25) is 0 Å². The smallest absolute Gasteiger partial charge is 0.191 e. The fraction of sp³-hybridized carbons (Fsp3) is 0.938. The number of likely N-dealkylation sites (N-methyl/N-ethyl adjacent to an activating group) is 1. The number of nitrogens with one attached hydrogen (secondary N) is 2. The van der Waals surface area contributed by atoms with Gasteiger partial charge in [0.05, 0.1) is 6.61 Å². The minimum Gasteiger partial charge on any atom is -0.381 e. The number of nitrogens with zero attached hydrogens (tertiary/aromatic N) is 2. The summed E-state index contributed by atoms with van der Waals surface area (Å²) >= 11 is 0. The van der Waals surface area contributed by atoms with E-state index in [4.69, 9.17) is 4.74 Å². The molecular weight excluding hydrogens is 264 g/mol. The van der Waals surface area contributed by atoms with Crippen LogP contribution in [0.4, 0.5) is 0 Å². The molecule has 122 valence electrons. The molecule has 21 heavy (non-hydrogen) atoms. The molecule has 0 spiro atoms. The van der Waals surface area contributed by atoms with Crippen LogP contribution in [0.5, 0.6) is 0 Å². The molecule has 0 aromatic rings. The van der Waals surface area contributed by atoms with E-state index in [0.717, 1.165) is 38.7 Å². The van der Waals surface area contributed by atoms with Crippen molar-refractivity contribution in [2.24, 2.45) is 10.9 Å². The van der Waals surface area contributed by atoms with E-state index in [2.05, 4.69) is 34.6 Å². The van der Waals surface area contributed by atoms with Crippen molar-refractivity contribution < 1.29 is 4.74 Å². The Morgan fingerprint density at radius 1 is 1.24 bits per heavy atom. The van der Waals surface area contributed by atoms with Crippen LogP contribution in [-0.4, -0.2) is 63.8 Å². The standard InChI is InChI=1S/C16H32N4O/c1-17-15(18-11-14-7-10-21-12-14)19-13-16(20(2)3)8-5-4-6-9-16/h14H,4-13H2,1-3H3,(H2,17,18,19). The van der Waals surface area contributed by atoms with Gasteiger partial charge in [-0.15, -0.1) is 0 Å². The molecule has 1 heterocycles. The molecule has 0 radical (unpaired) electrons. The predicted octanol–water partition coefficient (Wildman–Crippen LogP) is 1.45. The predicted molar refractivity (Wildman–Crippen MR) is 87.8 cm³/mol. The maximum Gasteiger partial charge on any atom is 0.191 e. The van der Waals surface area contributed by atoms with E-state index >= 15 is 0 Å². The average molecular weight is 296 g/mol. The lowest BCUT2D eigenvalue weighted by Gasteiger charge is -2.43. The molecule has 2 N–H and O–H groups in total. The maximum absolute atomic E-state index is 5.42. The van der Waals surface area contributed by atoms with Gasteiger partial charge in [0, 0.05) is 38.2 Å². The van der Waals surface area contributed by atoms with Gasteiger partial charge in [-0.05, 0) is 33.4 Å². The summed E-state index contributed by atoms with van der Waals surface area (Å²) in [5.74, 6) is 1.55. The Morgan fingerprint density at radius 3 is 2.57 bits per heavy atom. The highest BCUT2D eigenvalue weighted by Gasteiger charge is 2.34. The first-order chi connectivity index (χ1) is 10.2. The molecule has 0 aromatic carbocycles. The van der Waals surface area contributed by atoms with Crippen LogP contribution < -0.4 is 10.6 Å². The average Bonchev–Trinajstić information content (AvgIpc) is 3.01. The minimum atomic E-state index is 0.284. The van der Waals surface area contributed by atoms with Crippen LogP contribution in [-0.2, 0) is 4.74 Å². The van der Waals surface area contributed by atoms with Crippen LogP contribution in [0.1, 0.15) is 38.5 Å². The molecule has 1 saturated carbocycles. The Bertz CT molecular complexity index is 331. The minimum absolute atomic E-state index is 0.284. The topological polar surface area (TPSA) is 48.9 Å². The number of aliphatic imine (C=N–C) groups is 1. The molecule has 1 saturated heterocycles. The largest absolute Gasteiger partial charge is 0.381 e. The molecule has 0 bridgehead atoms. The van der Waals surface area contributed by atoms with E-state index in [-0.39, 0.29) is 5.54 Å². The molecule has 5 heteroatoms. The fourth-order valence-corrected chi connectivity index (χ4v) is 3.45. The first-order valence-electron chi connectivity index (χ1n) is 8.36. The van der Waals surface area contributed by atoms with Crippen molar-refractivity contribution in [3.05, 3.63) is 0 Å². The van der Waals surface area contributed by atoms with Gasteiger partial charge < -0.3 is 20.3 Å². The molecule has 2 rings (SSSR count). The Balaban J connectivity index is 1.80. The van der Waals surface area contributed by atoms with Gasteiger partial charge >= 0.3 is 0 Å². The summed E-state index contributed by atoms with van der Waals surface area (Å²) in [6, 6.07) is 0. The van der Waals surface area contributed by atoms with Crippen molar-refractivity contribution in [3.8, 4) is 0 Å². The third-order valence-corrected chi connectivity index (χ3v) is 5.12. The van der Waals surface area contributed by atoms with Gasteiger partial charge in [0.25, 0.3) is 0 Å². The van der Waals surface area contributed by atoms with Gasteiger partial charge in [0.1, 0.15) is 0 Å². The van der Waals surface area contributed by atoms with Gasteiger partial charge in [-0.1, -0.05) is 19.3 Å². The number of rotatable bonds is 5. The van der Waals surface area contributed by atoms with Crippen LogP contribution in [0.15, 0.2) is 4.99 Å². The zero-order valence-corrected chi connectivity index (χ0v) is 14.0. The van der Waals surface area contributed by atoms with Crippen molar-refractivity contribution in [2.45, 2.75) is 44.1 Å². The highest BCUT2D eigenvalue weighted by molar-refractivity contribution is 5.79. The van der Waals surface area contributed by atoms with E-state index < -0.39 is 0 Å². The van der Waals surface area contributed by atoms with Gasteiger partial charge in [-0.3, -0.25) is 4.99 Å². The number of hydrogen-bond donors (Lipinski definition) is 2. The third kappa shape index (κ3) is 4.58. The maximum atomic E-state index is 5.42. The quantitative estimate of drug-likeness (QED) is 0.595. The summed E-state index contributed by atoms with van der Waals surface area (Å²) in [7, 11) is 6.27. The summed E-state index contributed by atoms with van der Waals surface area (Å²) in [6.07, 6.45) is 7.77. The summed E-state index contributed by atoms with van der Waals surface area (Å²) in [4.78, 5) is 6.76. The van der Waals surface area contributed by atoms with E-state index in [1.165, 1.54) is 32.1 Å². The Hall–Kier alpha value is -0.810. The summed E-state index contributed by atoms with van der Waals surface area (Å²) in [5, 5.41) is 6.99. The lowest BCUT2D eigenvalue weighted by Crippen LogP contribution is -2.55. The molecular formula is C16H32N4O. The first kappa shape index (κ1) is 16.6. The summed E-state index contributed by atoms with van der Waals surface area (Å²) < 4.78 is 5.42. The SMILES string of the molecule is CN=C(NCC1CCOC1)NCC1(N(C)C)CCCCC1. The van der Waals surface area contributed by atoms with Crippen LogP contribution in [0.25, 0.3) is 0 Å². The third-order valence-electron chi connectivity index (χ3n) is 5.12. The Morgan fingerprint density at radius 2 is 2.00 bits per heavy atom. The molecule has 1 unspecified atom stereocenters. The lowest BCUT2D eigenvalue weighted by molar-refractivity contribution is 0.104. The van der Waals surface area contributed by atoms with Crippen LogP contribution in [0, 0.1) is 5.92 Å². The van der Waals surface area contributed by atoms with Crippen LogP contribution >= 0.6 is 0 Å². The lowest BCUT2D eigenvalue weighted by atomic mass is 9.80. The second-order valence-electron chi connectivity index (χ2n) is 6.72. The first-order valence-corrected chi connectivity index (χ1v) is 8.36. The normalized spacial score (nSPS) is 26.1. The molecule has 1 atom stereocenters. The highest BCUT2D eigenvalue weighted by Crippen LogP contribution is 2.31. The number of ether oxygens (including phenoxy) is 1. The van der Waals surface area contributed by atoms with Crippen molar-refractivity contribution in [1.29, 1.82) is 0 Å². The number of guanidine groups is 1. The molecule has 1 aliphatic carbocycles. The van der Waals surface area contributed by atoms with E-state index in [1.54, 1.807) is 0 Å². The molecule has 2 fully saturated rings. The zero-order chi connectivity index (χ0) is 15.1. The molecule has 1 aliphatic heterocycles. The van der Waals surface area contributed by atoms with E-state index in [1.807, 2.05) is 7.05 Å². The Kier molecular flexibility index (Phi) is 6.30.